The number of cyclic esters (lactones) is 3. The Morgan fingerprint density at radius 1 is 0.519 bits per heavy atom. The molecule has 16 heteroatoms. The molecule has 0 aromatic heterocycles. The molecule has 4 heterocycles. The van der Waals surface area contributed by atoms with Gasteiger partial charge >= 0.3 is 35.8 Å². The van der Waals surface area contributed by atoms with Crippen molar-refractivity contribution in [1.82, 2.24) is 0 Å². The average Bonchev–Trinajstić information content (AvgIpc) is 3.02. The van der Waals surface area contributed by atoms with Crippen molar-refractivity contribution in [2.24, 2.45) is 0 Å². The first kappa shape index (κ1) is 37.2. The third-order valence-corrected chi connectivity index (χ3v) is 8.14. The molecule has 52 heavy (non-hydrogen) atoms. The Labute approximate surface area is 296 Å². The molecule has 0 amide bonds. The van der Waals surface area contributed by atoms with Crippen LogP contribution in [0, 0.1) is 0 Å². The first-order chi connectivity index (χ1) is 24.5. The molecule has 0 radical (unpaired) electrons. The van der Waals surface area contributed by atoms with Crippen molar-refractivity contribution in [2.75, 3.05) is 0 Å². The van der Waals surface area contributed by atoms with Crippen molar-refractivity contribution in [3.63, 3.8) is 0 Å². The Morgan fingerprint density at radius 3 is 1.37 bits per heavy atom. The number of carbonyl (C=O) groups excluding carboxylic acids is 6. The Morgan fingerprint density at radius 2 is 0.923 bits per heavy atom. The molecule has 0 aromatic carbocycles. The van der Waals surface area contributed by atoms with E-state index < -0.39 is 82.0 Å². The molecular formula is C36H34O16-2. The van der Waals surface area contributed by atoms with Crippen LogP contribution in [0.3, 0.4) is 0 Å². The molecule has 1 unspecified atom stereocenters. The van der Waals surface area contributed by atoms with Gasteiger partial charge in [-0.1, -0.05) is 49.8 Å². The molecule has 0 bridgehead atoms. The van der Waals surface area contributed by atoms with E-state index in [2.05, 4.69) is 0 Å². The highest BCUT2D eigenvalue weighted by Gasteiger charge is 2.53. The maximum absolute atomic E-state index is 12.8. The maximum Gasteiger partial charge on any atom is 0.348 e. The lowest BCUT2D eigenvalue weighted by molar-refractivity contribution is -0.406. The lowest BCUT2D eigenvalue weighted by Crippen LogP contribution is -2.55. The smallest absolute Gasteiger partial charge is 0.348 e. The summed E-state index contributed by atoms with van der Waals surface area (Å²) in [6, 6.07) is 0. The maximum atomic E-state index is 12.8. The topological polar surface area (TPSA) is 222 Å². The van der Waals surface area contributed by atoms with Crippen LogP contribution < -0.4 is 10.2 Å². The van der Waals surface area contributed by atoms with Crippen molar-refractivity contribution in [3.05, 3.63) is 94.9 Å². The Bertz CT molecular complexity index is 1780. The SMILES string of the molecule is CCCC1(C)OC(=O)C(C=CC=CC=C2C(=O)OC3(CCC4(CC3)OC(=O)C(C=CC=CC=C3C(=O)OC(C)(C)OC3=O)=C([O-])O4)OC2=O)=C([O-])O1. The minimum absolute atomic E-state index is 0.149. The standard InChI is InChI=1S/C36H36O16/c1-5-16-34(4)47-27(39)22(28(40)48-34)13-9-7-11-15-24-31(43)51-36(52-32(24)44)19-17-35(18-20-36)49-29(41)23(30(42)50-35)14-10-6-8-12-21-25(37)45-33(2,3)46-26(21)38/h6-15,39,41H,5,16-20H2,1-4H3/p-2. The largest absolute Gasteiger partial charge is 0.574 e. The third kappa shape index (κ3) is 8.11. The zero-order valence-electron chi connectivity index (χ0n) is 28.5. The summed E-state index contributed by atoms with van der Waals surface area (Å²) in [7, 11) is 0. The number of rotatable bonds is 8. The van der Waals surface area contributed by atoms with Gasteiger partial charge in [-0.25, -0.2) is 28.8 Å². The van der Waals surface area contributed by atoms with Crippen molar-refractivity contribution >= 4 is 35.8 Å². The van der Waals surface area contributed by atoms with E-state index in [0.29, 0.717) is 12.8 Å². The zero-order valence-corrected chi connectivity index (χ0v) is 28.5. The quantitative estimate of drug-likeness (QED) is 0.114. The van der Waals surface area contributed by atoms with Crippen molar-refractivity contribution in [3.8, 4) is 0 Å². The highest BCUT2D eigenvalue weighted by Crippen LogP contribution is 2.45. The van der Waals surface area contributed by atoms with Gasteiger partial charge in [-0.3, -0.25) is 0 Å². The van der Waals surface area contributed by atoms with Crippen molar-refractivity contribution in [2.45, 2.75) is 89.4 Å². The summed E-state index contributed by atoms with van der Waals surface area (Å²) < 4.78 is 42.3. The summed E-state index contributed by atoms with van der Waals surface area (Å²) in [6.45, 7) is 6.16. The fraction of sp³-hybridized carbons (Fsp3) is 0.389. The molecule has 0 N–H and O–H groups in total. The highest BCUT2D eigenvalue weighted by molar-refractivity contribution is 6.16. The van der Waals surface area contributed by atoms with Gasteiger partial charge in [0.15, 0.2) is 11.6 Å². The van der Waals surface area contributed by atoms with E-state index in [1.807, 2.05) is 6.92 Å². The second kappa shape index (κ2) is 14.3. The van der Waals surface area contributed by atoms with Gasteiger partial charge < -0.3 is 48.1 Å². The van der Waals surface area contributed by atoms with E-state index in [1.165, 1.54) is 63.3 Å². The predicted molar refractivity (Wildman–Crippen MR) is 167 cm³/mol. The van der Waals surface area contributed by atoms with Crippen LogP contribution in [-0.4, -0.2) is 59.0 Å². The van der Waals surface area contributed by atoms with Gasteiger partial charge in [0.2, 0.25) is 0 Å². The van der Waals surface area contributed by atoms with Crippen LogP contribution in [0.25, 0.3) is 0 Å². The number of allylic oxidation sites excluding steroid dienone is 8. The van der Waals surface area contributed by atoms with Gasteiger partial charge in [-0.15, -0.1) is 0 Å². The molecule has 276 valence electrons. The molecule has 1 atom stereocenters. The molecule has 5 aliphatic rings. The van der Waals surface area contributed by atoms with Gasteiger partial charge in [-0.2, -0.15) is 0 Å². The first-order valence-corrected chi connectivity index (χ1v) is 16.2. The third-order valence-electron chi connectivity index (χ3n) is 8.14. The number of hydrogen-bond acceptors (Lipinski definition) is 16. The normalized spacial score (nSPS) is 27.5. The molecule has 1 aliphatic carbocycles. The minimum Gasteiger partial charge on any atom is -0.574 e. The van der Waals surface area contributed by atoms with E-state index in [1.54, 1.807) is 0 Å². The molecule has 4 aliphatic heterocycles. The van der Waals surface area contributed by atoms with E-state index in [9.17, 15) is 39.0 Å². The zero-order chi connectivity index (χ0) is 37.9. The van der Waals surface area contributed by atoms with Crippen LogP contribution in [-0.2, 0) is 66.7 Å². The van der Waals surface area contributed by atoms with E-state index in [4.69, 9.17) is 37.9 Å². The Kier molecular flexibility index (Phi) is 10.2. The Balaban J connectivity index is 1.15. The van der Waals surface area contributed by atoms with Gasteiger partial charge in [0.05, 0.1) is 23.0 Å². The minimum atomic E-state index is -1.68. The van der Waals surface area contributed by atoms with Crippen LogP contribution in [0.15, 0.2) is 94.9 Å². The molecule has 5 rings (SSSR count). The first-order valence-electron chi connectivity index (χ1n) is 16.2. The monoisotopic (exact) mass is 722 g/mol. The molecule has 3 fully saturated rings. The number of carbonyl (C=O) groups is 6. The van der Waals surface area contributed by atoms with Crippen LogP contribution in [0.2, 0.25) is 0 Å². The lowest BCUT2D eigenvalue weighted by Gasteiger charge is -2.50. The number of esters is 6. The average molecular weight is 723 g/mol. The summed E-state index contributed by atoms with van der Waals surface area (Å²) >= 11 is 0. The molecule has 2 spiro atoms. The molecule has 1 saturated carbocycles. The molecular weight excluding hydrogens is 688 g/mol. The van der Waals surface area contributed by atoms with Gasteiger partial charge in [0.1, 0.15) is 11.1 Å². The predicted octanol–water partition coefficient (Wildman–Crippen LogP) is 1.77. The van der Waals surface area contributed by atoms with E-state index in [-0.39, 0.29) is 36.8 Å². The highest BCUT2D eigenvalue weighted by atomic mass is 16.8. The van der Waals surface area contributed by atoms with E-state index >= 15 is 0 Å². The number of ether oxygens (including phenoxy) is 8. The molecule has 16 nitrogen and oxygen atoms in total. The second-order valence-corrected chi connectivity index (χ2v) is 12.7. The van der Waals surface area contributed by atoms with Crippen LogP contribution in [0.4, 0.5) is 0 Å². The van der Waals surface area contributed by atoms with Crippen LogP contribution in [0.1, 0.15) is 66.2 Å². The van der Waals surface area contributed by atoms with E-state index in [0.717, 1.165) is 18.2 Å². The summed E-state index contributed by atoms with van der Waals surface area (Å²) in [5.41, 5.74) is -1.53. The fourth-order valence-electron chi connectivity index (χ4n) is 5.63. The summed E-state index contributed by atoms with van der Waals surface area (Å²) in [5, 5.41) is 25.0. The van der Waals surface area contributed by atoms with Crippen molar-refractivity contribution in [1.29, 1.82) is 0 Å². The summed E-state index contributed by atoms with van der Waals surface area (Å²) in [4.78, 5) is 74.6. The molecule has 2 saturated heterocycles. The summed E-state index contributed by atoms with van der Waals surface area (Å²) in [6.07, 6.45) is 12.8. The van der Waals surface area contributed by atoms with Crippen molar-refractivity contribution < 1.29 is 76.9 Å². The fourth-order valence-corrected chi connectivity index (χ4v) is 5.63. The molecule has 0 aromatic rings. The Hall–Kier alpha value is -6.06. The lowest BCUT2D eigenvalue weighted by atomic mass is 9.87. The van der Waals surface area contributed by atoms with Crippen LogP contribution >= 0.6 is 0 Å². The van der Waals surface area contributed by atoms with Gasteiger partial charge in [0.25, 0.3) is 11.6 Å². The second-order valence-electron chi connectivity index (χ2n) is 12.7. The summed E-state index contributed by atoms with van der Waals surface area (Å²) in [5.74, 6) is -13.4. The van der Waals surface area contributed by atoms with Crippen LogP contribution in [0.5, 0.6) is 0 Å². The number of hydrogen-bond donors (Lipinski definition) is 0. The van der Waals surface area contributed by atoms with Gasteiger partial charge in [0, 0.05) is 39.5 Å². The van der Waals surface area contributed by atoms with Gasteiger partial charge in [-0.05, 0) is 37.6 Å².